The molecule has 0 N–H and O–H groups in total. The molecular weight excluding hydrogens is 226 g/mol. The van der Waals surface area contributed by atoms with Gasteiger partial charge in [-0.15, -0.1) is 0 Å². The molecule has 2 heteroatoms. The lowest BCUT2D eigenvalue weighted by atomic mass is 10.1. The smallest absolute Gasteiger partial charge is 0.0407 e. The molecule has 13 heavy (non-hydrogen) atoms. The maximum Gasteiger partial charge on any atom is 0.0407 e. The van der Waals surface area contributed by atoms with Crippen molar-refractivity contribution in [3.8, 4) is 0 Å². The number of benzene rings is 1. The lowest BCUT2D eigenvalue weighted by Crippen LogP contribution is -1.85. The first-order valence-corrected chi connectivity index (χ1v) is 5.13. The van der Waals surface area contributed by atoms with E-state index in [9.17, 15) is 0 Å². The molecule has 1 aromatic heterocycles. The fourth-order valence-electron chi connectivity index (χ4n) is 1.35. The summed E-state index contributed by atoms with van der Waals surface area (Å²) in [7, 11) is 0. The van der Waals surface area contributed by atoms with Gasteiger partial charge in [0.2, 0.25) is 0 Å². The number of pyridine rings is 1. The minimum Gasteiger partial charge on any atom is -0.261 e. The minimum absolute atomic E-state index is 0.989. The molecule has 2 rings (SSSR count). The molecule has 1 aromatic carbocycles. The molecule has 0 unspecified atom stereocenters. The summed E-state index contributed by atoms with van der Waals surface area (Å²) < 4.78 is 1.12. The van der Waals surface area contributed by atoms with Crippen LogP contribution in [0.4, 0.5) is 0 Å². The highest BCUT2D eigenvalue weighted by Gasteiger charge is 1.96. The normalized spacial score (nSPS) is 10.6. The standard InChI is InChI=1S/C11H10BrN/c1-2-11-6-9-5-10(12)4-3-8(9)7-13-11/h3-7H,2H2,1H3. The van der Waals surface area contributed by atoms with Crippen molar-refractivity contribution in [3.63, 3.8) is 0 Å². The zero-order valence-electron chi connectivity index (χ0n) is 7.42. The van der Waals surface area contributed by atoms with Crippen LogP contribution in [0, 0.1) is 0 Å². The van der Waals surface area contributed by atoms with Gasteiger partial charge in [0.15, 0.2) is 0 Å². The van der Waals surface area contributed by atoms with E-state index in [1.807, 2.05) is 12.3 Å². The molecule has 0 saturated carbocycles. The van der Waals surface area contributed by atoms with E-state index in [0.717, 1.165) is 16.6 Å². The molecule has 0 aliphatic heterocycles. The van der Waals surface area contributed by atoms with Crippen LogP contribution in [0.2, 0.25) is 0 Å². The number of hydrogen-bond donors (Lipinski definition) is 0. The Kier molecular flexibility index (Phi) is 2.32. The minimum atomic E-state index is 0.989. The molecule has 0 aliphatic rings. The van der Waals surface area contributed by atoms with Crippen molar-refractivity contribution < 1.29 is 0 Å². The van der Waals surface area contributed by atoms with Gasteiger partial charge in [-0.05, 0) is 30.0 Å². The quantitative estimate of drug-likeness (QED) is 0.737. The number of nitrogens with zero attached hydrogens (tertiary/aromatic N) is 1. The van der Waals surface area contributed by atoms with Gasteiger partial charge in [-0.1, -0.05) is 28.9 Å². The highest BCUT2D eigenvalue weighted by molar-refractivity contribution is 9.10. The number of hydrogen-bond acceptors (Lipinski definition) is 1. The molecule has 1 nitrogen and oxygen atoms in total. The molecule has 0 saturated heterocycles. The molecular formula is C11H10BrN. The van der Waals surface area contributed by atoms with Crippen LogP contribution in [0.5, 0.6) is 0 Å². The summed E-state index contributed by atoms with van der Waals surface area (Å²) >= 11 is 3.46. The Morgan fingerprint density at radius 3 is 2.85 bits per heavy atom. The summed E-state index contributed by atoms with van der Waals surface area (Å²) in [6, 6.07) is 8.37. The second-order valence-corrected chi connectivity index (χ2v) is 3.94. The fraction of sp³-hybridized carbons (Fsp3) is 0.182. The lowest BCUT2D eigenvalue weighted by molar-refractivity contribution is 1.05. The Bertz CT molecular complexity index is 437. The molecule has 0 atom stereocenters. The van der Waals surface area contributed by atoms with Gasteiger partial charge in [0.05, 0.1) is 0 Å². The topological polar surface area (TPSA) is 12.9 Å². The van der Waals surface area contributed by atoms with Gasteiger partial charge < -0.3 is 0 Å². The molecule has 0 amide bonds. The van der Waals surface area contributed by atoms with E-state index in [2.05, 4.69) is 46.0 Å². The van der Waals surface area contributed by atoms with Crippen LogP contribution >= 0.6 is 15.9 Å². The van der Waals surface area contributed by atoms with E-state index < -0.39 is 0 Å². The second-order valence-electron chi connectivity index (χ2n) is 3.02. The summed E-state index contributed by atoms with van der Waals surface area (Å²) in [4.78, 5) is 4.34. The van der Waals surface area contributed by atoms with Crippen LogP contribution < -0.4 is 0 Å². The Labute approximate surface area is 85.9 Å². The number of aromatic nitrogens is 1. The monoisotopic (exact) mass is 235 g/mol. The molecule has 0 bridgehead atoms. The largest absolute Gasteiger partial charge is 0.261 e. The Morgan fingerprint density at radius 2 is 2.08 bits per heavy atom. The van der Waals surface area contributed by atoms with Crippen molar-refractivity contribution in [2.24, 2.45) is 0 Å². The Balaban J connectivity index is 2.68. The van der Waals surface area contributed by atoms with Crippen LogP contribution in [-0.2, 0) is 6.42 Å². The highest BCUT2D eigenvalue weighted by Crippen LogP contribution is 2.19. The third kappa shape index (κ3) is 1.73. The van der Waals surface area contributed by atoms with Gasteiger partial charge in [0.25, 0.3) is 0 Å². The summed E-state index contributed by atoms with van der Waals surface area (Å²) in [5.41, 5.74) is 1.14. The summed E-state index contributed by atoms with van der Waals surface area (Å²) in [5, 5.41) is 2.45. The van der Waals surface area contributed by atoms with Crippen molar-refractivity contribution in [1.29, 1.82) is 0 Å². The summed E-state index contributed by atoms with van der Waals surface area (Å²) in [6.45, 7) is 2.12. The number of rotatable bonds is 1. The van der Waals surface area contributed by atoms with Gasteiger partial charge >= 0.3 is 0 Å². The van der Waals surface area contributed by atoms with Crippen LogP contribution in [0.1, 0.15) is 12.6 Å². The lowest BCUT2D eigenvalue weighted by Gasteiger charge is -2.00. The number of aryl methyl sites for hydroxylation is 1. The van der Waals surface area contributed by atoms with Crippen molar-refractivity contribution >= 4 is 26.7 Å². The van der Waals surface area contributed by atoms with Crippen LogP contribution in [0.3, 0.4) is 0 Å². The van der Waals surface area contributed by atoms with Gasteiger partial charge in [-0.2, -0.15) is 0 Å². The van der Waals surface area contributed by atoms with Crippen LogP contribution in [0.15, 0.2) is 34.9 Å². The van der Waals surface area contributed by atoms with E-state index >= 15 is 0 Å². The molecule has 0 spiro atoms. The molecule has 1 heterocycles. The van der Waals surface area contributed by atoms with Gasteiger partial charge in [0, 0.05) is 21.7 Å². The SMILES string of the molecule is CCc1cc2cc(Br)ccc2cn1. The van der Waals surface area contributed by atoms with E-state index in [-0.39, 0.29) is 0 Å². The van der Waals surface area contributed by atoms with Crippen molar-refractivity contribution in [3.05, 3.63) is 40.6 Å². The second kappa shape index (κ2) is 3.46. The first-order chi connectivity index (χ1) is 6.29. The average Bonchev–Trinajstić information content (AvgIpc) is 2.16. The van der Waals surface area contributed by atoms with E-state index in [1.54, 1.807) is 0 Å². The van der Waals surface area contributed by atoms with Gasteiger partial charge in [-0.3, -0.25) is 4.98 Å². The zero-order chi connectivity index (χ0) is 9.26. The third-order valence-electron chi connectivity index (χ3n) is 2.10. The first-order valence-electron chi connectivity index (χ1n) is 4.34. The summed E-state index contributed by atoms with van der Waals surface area (Å²) in [5.74, 6) is 0. The van der Waals surface area contributed by atoms with Gasteiger partial charge in [-0.25, -0.2) is 0 Å². The maximum absolute atomic E-state index is 4.34. The van der Waals surface area contributed by atoms with Crippen LogP contribution in [-0.4, -0.2) is 4.98 Å². The Hall–Kier alpha value is -0.890. The molecule has 66 valence electrons. The Morgan fingerprint density at radius 1 is 1.23 bits per heavy atom. The average molecular weight is 236 g/mol. The van der Waals surface area contributed by atoms with E-state index in [1.165, 1.54) is 10.8 Å². The van der Waals surface area contributed by atoms with Crippen molar-refractivity contribution in [2.45, 2.75) is 13.3 Å². The van der Waals surface area contributed by atoms with E-state index in [0.29, 0.717) is 0 Å². The number of halogens is 1. The molecule has 0 radical (unpaired) electrons. The molecule has 2 aromatic rings. The molecule has 0 fully saturated rings. The first kappa shape index (κ1) is 8.70. The highest BCUT2D eigenvalue weighted by atomic mass is 79.9. The third-order valence-corrected chi connectivity index (χ3v) is 2.60. The predicted molar refractivity (Wildman–Crippen MR) is 58.8 cm³/mol. The number of fused-ring (bicyclic) bond motifs is 1. The maximum atomic E-state index is 4.34. The van der Waals surface area contributed by atoms with Crippen molar-refractivity contribution in [1.82, 2.24) is 4.98 Å². The van der Waals surface area contributed by atoms with Gasteiger partial charge in [0.1, 0.15) is 0 Å². The fourth-order valence-corrected chi connectivity index (χ4v) is 1.73. The van der Waals surface area contributed by atoms with Crippen LogP contribution in [0.25, 0.3) is 10.8 Å². The van der Waals surface area contributed by atoms with E-state index in [4.69, 9.17) is 0 Å². The zero-order valence-corrected chi connectivity index (χ0v) is 9.01. The molecule has 0 aliphatic carbocycles. The van der Waals surface area contributed by atoms with Crippen molar-refractivity contribution in [2.75, 3.05) is 0 Å². The summed E-state index contributed by atoms with van der Waals surface area (Å²) in [6.07, 6.45) is 2.92. The predicted octanol–water partition coefficient (Wildman–Crippen LogP) is 3.56.